The number of nitrogens with two attached hydrogens (primary N) is 1. The molecule has 1 aromatic heterocycles. The van der Waals surface area contributed by atoms with Crippen LogP contribution in [-0.4, -0.2) is 15.0 Å². The van der Waals surface area contributed by atoms with Crippen molar-refractivity contribution in [3.63, 3.8) is 0 Å². The lowest BCUT2D eigenvalue weighted by Gasteiger charge is -2.16. The second-order valence-corrected chi connectivity index (χ2v) is 5.17. The number of hydrogen-bond acceptors (Lipinski definition) is 4. The molecular weight excluding hydrogens is 294 g/mol. The molecule has 2 aromatic rings. The van der Waals surface area contributed by atoms with Crippen LogP contribution in [0.15, 0.2) is 28.9 Å². The summed E-state index contributed by atoms with van der Waals surface area (Å²) in [6.45, 7) is 2.06. The van der Waals surface area contributed by atoms with E-state index in [9.17, 15) is 0 Å². The summed E-state index contributed by atoms with van der Waals surface area (Å²) >= 11 is 3.49. The number of rotatable bonds is 4. The minimum absolute atomic E-state index is 0.0356. The van der Waals surface area contributed by atoms with Crippen LogP contribution in [0.4, 0.5) is 0 Å². The third-order valence-electron chi connectivity index (χ3n) is 2.85. The monoisotopic (exact) mass is 309 g/mol. The van der Waals surface area contributed by atoms with Crippen molar-refractivity contribution in [1.29, 1.82) is 0 Å². The summed E-state index contributed by atoms with van der Waals surface area (Å²) in [5, 5.41) is 8.00. The van der Waals surface area contributed by atoms with Gasteiger partial charge in [-0.15, -0.1) is 5.10 Å². The topological polar surface area (TPSA) is 68.8 Å². The van der Waals surface area contributed by atoms with Gasteiger partial charge in [-0.1, -0.05) is 33.3 Å². The quantitative estimate of drug-likeness (QED) is 0.665. The van der Waals surface area contributed by atoms with Gasteiger partial charge in [-0.25, -0.2) is 0 Å². The molecular formula is C12H16BrN5. The lowest BCUT2D eigenvalue weighted by molar-refractivity contribution is 0.545. The van der Waals surface area contributed by atoms with Crippen molar-refractivity contribution in [2.24, 2.45) is 12.9 Å². The molecule has 3 N–H and O–H groups in total. The molecule has 0 spiro atoms. The molecule has 0 radical (unpaired) electrons. The Balaban J connectivity index is 2.19. The number of aryl methyl sites for hydroxylation is 2. The molecule has 0 saturated heterocycles. The Hall–Kier alpha value is -1.24. The van der Waals surface area contributed by atoms with Gasteiger partial charge in [0.15, 0.2) is 0 Å². The van der Waals surface area contributed by atoms with Gasteiger partial charge in [-0.05, 0) is 24.1 Å². The van der Waals surface area contributed by atoms with Crippen LogP contribution in [0.2, 0.25) is 0 Å². The number of nitrogens with one attached hydrogen (secondary N) is 1. The first kappa shape index (κ1) is 13.2. The van der Waals surface area contributed by atoms with Gasteiger partial charge in [-0.3, -0.25) is 16.0 Å². The van der Waals surface area contributed by atoms with Crippen LogP contribution in [0.3, 0.4) is 0 Å². The Kier molecular flexibility index (Phi) is 4.11. The summed E-state index contributed by atoms with van der Waals surface area (Å²) in [6, 6.07) is 6.24. The van der Waals surface area contributed by atoms with Crippen LogP contribution < -0.4 is 11.3 Å². The smallest absolute Gasteiger partial charge is 0.0846 e. The van der Waals surface area contributed by atoms with Gasteiger partial charge in [0, 0.05) is 24.1 Å². The van der Waals surface area contributed by atoms with E-state index >= 15 is 0 Å². The van der Waals surface area contributed by atoms with Crippen molar-refractivity contribution >= 4 is 15.9 Å². The number of nitrogens with zero attached hydrogens (tertiary/aromatic N) is 3. The van der Waals surface area contributed by atoms with Crippen molar-refractivity contribution in [2.75, 3.05) is 0 Å². The molecule has 0 bridgehead atoms. The molecule has 1 heterocycles. The predicted molar refractivity (Wildman–Crippen MR) is 73.7 cm³/mol. The second-order valence-electron chi connectivity index (χ2n) is 4.32. The maximum atomic E-state index is 5.63. The van der Waals surface area contributed by atoms with Gasteiger partial charge in [0.05, 0.1) is 11.7 Å². The van der Waals surface area contributed by atoms with Crippen molar-refractivity contribution in [3.05, 3.63) is 45.7 Å². The Labute approximate surface area is 114 Å². The summed E-state index contributed by atoms with van der Waals surface area (Å²) in [7, 11) is 1.85. The summed E-state index contributed by atoms with van der Waals surface area (Å²) in [6.07, 6.45) is 2.61. The third kappa shape index (κ3) is 2.95. The van der Waals surface area contributed by atoms with Crippen LogP contribution in [-0.2, 0) is 13.5 Å². The standard InChI is InChI=1S/C12H16BrN5/c1-8-5-9(3-4-11(8)13)12(15-14)6-10-7-18(2)17-16-10/h3-5,7,12,15H,6,14H2,1-2H3. The van der Waals surface area contributed by atoms with Crippen molar-refractivity contribution < 1.29 is 0 Å². The van der Waals surface area contributed by atoms with Crippen LogP contribution in [0.1, 0.15) is 22.9 Å². The first-order valence-corrected chi connectivity index (χ1v) is 6.47. The van der Waals surface area contributed by atoms with E-state index in [1.165, 1.54) is 5.56 Å². The maximum Gasteiger partial charge on any atom is 0.0846 e. The van der Waals surface area contributed by atoms with E-state index in [0.29, 0.717) is 6.42 Å². The van der Waals surface area contributed by atoms with Gasteiger partial charge >= 0.3 is 0 Å². The fourth-order valence-electron chi connectivity index (χ4n) is 1.86. The van der Waals surface area contributed by atoms with E-state index in [2.05, 4.69) is 50.7 Å². The summed E-state index contributed by atoms with van der Waals surface area (Å²) in [4.78, 5) is 0. The van der Waals surface area contributed by atoms with Crippen LogP contribution in [0, 0.1) is 6.92 Å². The molecule has 96 valence electrons. The zero-order valence-corrected chi connectivity index (χ0v) is 12.0. The predicted octanol–water partition coefficient (Wildman–Crippen LogP) is 1.63. The zero-order valence-electron chi connectivity index (χ0n) is 10.4. The average Bonchev–Trinajstić information content (AvgIpc) is 2.75. The van der Waals surface area contributed by atoms with E-state index < -0.39 is 0 Å². The molecule has 0 aliphatic carbocycles. The molecule has 18 heavy (non-hydrogen) atoms. The highest BCUT2D eigenvalue weighted by Gasteiger charge is 2.13. The minimum atomic E-state index is 0.0356. The van der Waals surface area contributed by atoms with Crippen molar-refractivity contribution in [2.45, 2.75) is 19.4 Å². The van der Waals surface area contributed by atoms with E-state index in [4.69, 9.17) is 5.84 Å². The van der Waals surface area contributed by atoms with Crippen LogP contribution in [0.5, 0.6) is 0 Å². The first-order valence-electron chi connectivity index (χ1n) is 5.67. The van der Waals surface area contributed by atoms with E-state index in [-0.39, 0.29) is 6.04 Å². The number of aromatic nitrogens is 3. The van der Waals surface area contributed by atoms with Gasteiger partial charge < -0.3 is 0 Å². The van der Waals surface area contributed by atoms with Crippen molar-refractivity contribution in [1.82, 2.24) is 20.4 Å². The first-order chi connectivity index (χ1) is 8.60. The molecule has 6 heteroatoms. The highest BCUT2D eigenvalue weighted by atomic mass is 79.9. The largest absolute Gasteiger partial charge is 0.271 e. The van der Waals surface area contributed by atoms with E-state index in [0.717, 1.165) is 15.7 Å². The molecule has 5 nitrogen and oxygen atoms in total. The maximum absolute atomic E-state index is 5.63. The molecule has 0 saturated carbocycles. The second kappa shape index (κ2) is 5.60. The van der Waals surface area contributed by atoms with Gasteiger partial charge in [0.1, 0.15) is 0 Å². The Morgan fingerprint density at radius 1 is 1.50 bits per heavy atom. The SMILES string of the molecule is Cc1cc(C(Cc2cn(C)nn2)NN)ccc1Br. The summed E-state index contributed by atoms with van der Waals surface area (Å²) < 4.78 is 2.79. The van der Waals surface area contributed by atoms with Gasteiger partial charge in [0.2, 0.25) is 0 Å². The molecule has 0 aliphatic rings. The Morgan fingerprint density at radius 3 is 2.83 bits per heavy atom. The van der Waals surface area contributed by atoms with E-state index in [1.807, 2.05) is 19.3 Å². The number of hydrogen-bond donors (Lipinski definition) is 2. The normalized spacial score (nSPS) is 12.7. The molecule has 0 amide bonds. The average molecular weight is 310 g/mol. The molecule has 2 rings (SSSR count). The van der Waals surface area contributed by atoms with Crippen molar-refractivity contribution in [3.8, 4) is 0 Å². The molecule has 1 atom stereocenters. The minimum Gasteiger partial charge on any atom is -0.271 e. The van der Waals surface area contributed by atoms with Crippen LogP contribution in [0.25, 0.3) is 0 Å². The number of halogens is 1. The van der Waals surface area contributed by atoms with E-state index in [1.54, 1.807) is 4.68 Å². The van der Waals surface area contributed by atoms with Crippen LogP contribution >= 0.6 is 15.9 Å². The lowest BCUT2D eigenvalue weighted by Crippen LogP contribution is -2.29. The highest BCUT2D eigenvalue weighted by molar-refractivity contribution is 9.10. The Morgan fingerprint density at radius 2 is 2.28 bits per heavy atom. The molecule has 1 unspecified atom stereocenters. The summed E-state index contributed by atoms with van der Waals surface area (Å²) in [5.74, 6) is 5.63. The number of hydrazine groups is 1. The molecule has 1 aromatic carbocycles. The van der Waals surface area contributed by atoms with Gasteiger partial charge in [-0.2, -0.15) is 0 Å². The zero-order chi connectivity index (χ0) is 13.1. The van der Waals surface area contributed by atoms with Gasteiger partial charge in [0.25, 0.3) is 0 Å². The molecule has 0 aliphatic heterocycles. The third-order valence-corrected chi connectivity index (χ3v) is 3.74. The number of benzene rings is 1. The fourth-order valence-corrected chi connectivity index (χ4v) is 2.10. The lowest BCUT2D eigenvalue weighted by atomic mass is 10.0. The fraction of sp³-hybridized carbons (Fsp3) is 0.333. The summed E-state index contributed by atoms with van der Waals surface area (Å²) in [5.41, 5.74) is 6.08. The molecule has 0 fully saturated rings. The highest BCUT2D eigenvalue weighted by Crippen LogP contribution is 2.22. The Bertz CT molecular complexity index is 537.